The van der Waals surface area contributed by atoms with Gasteiger partial charge in [-0.1, -0.05) is 43.3 Å². The maximum Gasteiger partial charge on any atom is 0.253 e. The molecule has 3 aromatic heterocycles. The molecule has 0 saturated heterocycles. The van der Waals surface area contributed by atoms with Gasteiger partial charge < -0.3 is 4.98 Å². The zero-order chi connectivity index (χ0) is 27.6. The number of aryl methyl sites for hydroxylation is 2. The largest absolute Gasteiger partial charge is 0.322 e. The Morgan fingerprint density at radius 2 is 1.82 bits per heavy atom. The molecule has 0 unspecified atom stereocenters. The highest BCUT2D eigenvalue weighted by atomic mass is 32.1. The number of H-pyrrole nitrogens is 1. The van der Waals surface area contributed by atoms with Gasteiger partial charge in [0.15, 0.2) is 5.82 Å². The van der Waals surface area contributed by atoms with E-state index in [1.165, 1.54) is 16.0 Å². The quantitative estimate of drug-likeness (QED) is 0.229. The molecular formula is C31H36N6OS. The summed E-state index contributed by atoms with van der Waals surface area (Å²) in [6.07, 6.45) is 1.69. The molecule has 3 heterocycles. The molecule has 39 heavy (non-hydrogen) atoms. The fourth-order valence-corrected chi connectivity index (χ4v) is 5.69. The number of thiophene rings is 1. The van der Waals surface area contributed by atoms with Crippen LogP contribution >= 0.6 is 11.3 Å². The molecule has 0 bridgehead atoms. The molecule has 0 fully saturated rings. The predicted octanol–water partition coefficient (Wildman–Crippen LogP) is 6.17. The Hall–Kier alpha value is -3.62. The number of aromatic nitrogens is 5. The molecule has 1 atom stereocenters. The Kier molecular flexibility index (Phi) is 7.77. The first-order chi connectivity index (χ1) is 18.8. The van der Waals surface area contributed by atoms with Gasteiger partial charge in [-0.2, -0.15) is 0 Å². The van der Waals surface area contributed by atoms with E-state index in [9.17, 15) is 4.79 Å². The van der Waals surface area contributed by atoms with Crippen LogP contribution in [0.3, 0.4) is 0 Å². The molecule has 0 aliphatic carbocycles. The fourth-order valence-electron chi connectivity index (χ4n) is 4.96. The highest BCUT2D eigenvalue weighted by Gasteiger charge is 2.34. The van der Waals surface area contributed by atoms with Crippen molar-refractivity contribution >= 4 is 22.2 Å². The van der Waals surface area contributed by atoms with Gasteiger partial charge >= 0.3 is 0 Å². The van der Waals surface area contributed by atoms with Crippen molar-refractivity contribution < 1.29 is 0 Å². The van der Waals surface area contributed by atoms with Crippen molar-refractivity contribution in [2.24, 2.45) is 0 Å². The van der Waals surface area contributed by atoms with E-state index >= 15 is 0 Å². The van der Waals surface area contributed by atoms with Gasteiger partial charge in [0.1, 0.15) is 6.04 Å². The average molecular weight is 541 g/mol. The van der Waals surface area contributed by atoms with Crippen molar-refractivity contribution in [2.45, 2.75) is 65.6 Å². The second-order valence-corrected chi connectivity index (χ2v) is 11.9. The summed E-state index contributed by atoms with van der Waals surface area (Å²) in [6, 6.07) is 20.5. The van der Waals surface area contributed by atoms with Crippen molar-refractivity contribution in [3.05, 3.63) is 109 Å². The summed E-state index contributed by atoms with van der Waals surface area (Å²) in [4.78, 5) is 20.6. The summed E-state index contributed by atoms with van der Waals surface area (Å²) in [5.74, 6) is 0.681. The van der Waals surface area contributed by atoms with Crippen molar-refractivity contribution in [1.29, 1.82) is 0 Å². The number of nitrogens with zero attached hydrogens (tertiary/aromatic N) is 5. The molecule has 5 rings (SSSR count). The smallest absolute Gasteiger partial charge is 0.253 e. The van der Waals surface area contributed by atoms with Crippen LogP contribution < -0.4 is 5.56 Å². The lowest BCUT2D eigenvalue weighted by Crippen LogP contribution is -2.39. The Bertz CT molecular complexity index is 1600. The normalized spacial score (nSPS) is 12.9. The molecule has 8 heteroatoms. The monoisotopic (exact) mass is 540 g/mol. The number of tetrazole rings is 1. The first kappa shape index (κ1) is 27.0. The number of aromatic amines is 1. The third-order valence-electron chi connectivity index (χ3n) is 7.79. The van der Waals surface area contributed by atoms with Crippen LogP contribution in [0.2, 0.25) is 0 Å². The average Bonchev–Trinajstić information content (AvgIpc) is 3.62. The molecule has 2 aromatic carbocycles. The number of hydrogen-bond acceptors (Lipinski definition) is 6. The van der Waals surface area contributed by atoms with Gasteiger partial charge in [0.2, 0.25) is 0 Å². The highest BCUT2D eigenvalue weighted by molar-refractivity contribution is 7.09. The van der Waals surface area contributed by atoms with E-state index in [0.29, 0.717) is 17.9 Å². The molecule has 0 amide bonds. The van der Waals surface area contributed by atoms with Crippen LogP contribution in [-0.4, -0.2) is 36.6 Å². The lowest BCUT2D eigenvalue weighted by Gasteiger charge is -2.33. The Labute approximate surface area is 233 Å². The number of fused-ring (bicyclic) bond motifs is 1. The molecule has 0 aliphatic rings. The van der Waals surface area contributed by atoms with E-state index in [2.05, 4.69) is 108 Å². The standard InChI is InChI=1S/C31H36N6OS/c1-6-31(4,5)37-29(33-34-35-37)28(26-19-24-17-21(2)22(3)18-27(24)32-30(26)38)36(20-25-13-10-16-39-25)15-14-23-11-8-7-9-12-23/h7-13,16-19,28H,6,14-15,20H2,1-5H3,(H,32,38)/t28-/m0/s1. The van der Waals surface area contributed by atoms with Crippen LogP contribution in [0.15, 0.2) is 70.8 Å². The highest BCUT2D eigenvalue weighted by Crippen LogP contribution is 2.32. The van der Waals surface area contributed by atoms with Gasteiger partial charge in [-0.05, 0) is 103 Å². The third-order valence-corrected chi connectivity index (χ3v) is 8.65. The Morgan fingerprint density at radius 1 is 1.05 bits per heavy atom. The molecule has 202 valence electrons. The number of rotatable bonds is 10. The predicted molar refractivity (Wildman–Crippen MR) is 158 cm³/mol. The molecule has 1 N–H and O–H groups in total. The van der Waals surface area contributed by atoms with Gasteiger partial charge in [-0.3, -0.25) is 9.69 Å². The van der Waals surface area contributed by atoms with Crippen LogP contribution in [0.1, 0.15) is 66.2 Å². The lowest BCUT2D eigenvalue weighted by molar-refractivity contribution is 0.191. The van der Waals surface area contributed by atoms with E-state index in [-0.39, 0.29) is 11.1 Å². The number of nitrogens with one attached hydrogen (secondary N) is 1. The fraction of sp³-hybridized carbons (Fsp3) is 0.355. The minimum atomic E-state index is -0.439. The topological polar surface area (TPSA) is 79.7 Å². The minimum Gasteiger partial charge on any atom is -0.322 e. The van der Waals surface area contributed by atoms with Gasteiger partial charge in [0, 0.05) is 29.0 Å². The van der Waals surface area contributed by atoms with Crippen molar-refractivity contribution in [3.8, 4) is 0 Å². The molecular weight excluding hydrogens is 504 g/mol. The molecule has 7 nitrogen and oxygen atoms in total. The van der Waals surface area contributed by atoms with E-state index in [0.717, 1.165) is 35.9 Å². The zero-order valence-corrected chi connectivity index (χ0v) is 24.1. The third kappa shape index (κ3) is 5.72. The number of benzene rings is 2. The van der Waals surface area contributed by atoms with Crippen LogP contribution in [0, 0.1) is 13.8 Å². The van der Waals surface area contributed by atoms with Gasteiger partial charge in [-0.25, -0.2) is 4.68 Å². The second-order valence-electron chi connectivity index (χ2n) is 10.9. The second kappa shape index (κ2) is 11.2. The maximum absolute atomic E-state index is 13.8. The summed E-state index contributed by atoms with van der Waals surface area (Å²) in [6.45, 7) is 12.0. The molecule has 0 aliphatic heterocycles. The van der Waals surface area contributed by atoms with Crippen LogP contribution in [-0.2, 0) is 18.5 Å². The SMILES string of the molecule is CCC(C)(C)n1nnnc1[C@H](c1cc2cc(C)c(C)cc2[nH]c1=O)N(CCc1ccccc1)Cc1cccs1. The van der Waals surface area contributed by atoms with Crippen LogP contribution in [0.5, 0.6) is 0 Å². The first-order valence-corrected chi connectivity index (χ1v) is 14.4. The number of hydrogen-bond donors (Lipinski definition) is 1. The zero-order valence-electron chi connectivity index (χ0n) is 23.3. The summed E-state index contributed by atoms with van der Waals surface area (Å²) in [5.41, 5.74) is 4.65. The minimum absolute atomic E-state index is 0.115. The lowest BCUT2D eigenvalue weighted by atomic mass is 9.98. The van der Waals surface area contributed by atoms with Crippen LogP contribution in [0.25, 0.3) is 10.9 Å². The molecule has 0 saturated carbocycles. The molecule has 5 aromatic rings. The van der Waals surface area contributed by atoms with Gasteiger partial charge in [-0.15, -0.1) is 16.4 Å². The van der Waals surface area contributed by atoms with E-state index in [4.69, 9.17) is 0 Å². The Morgan fingerprint density at radius 3 is 2.54 bits per heavy atom. The Balaban J connectivity index is 1.69. The van der Waals surface area contributed by atoms with Crippen molar-refractivity contribution in [2.75, 3.05) is 6.54 Å². The van der Waals surface area contributed by atoms with E-state index in [1.807, 2.05) is 22.9 Å². The van der Waals surface area contributed by atoms with Crippen LogP contribution in [0.4, 0.5) is 0 Å². The molecule has 0 spiro atoms. The summed E-state index contributed by atoms with van der Waals surface area (Å²) < 4.78 is 1.91. The van der Waals surface area contributed by atoms with Gasteiger partial charge in [0.25, 0.3) is 5.56 Å². The summed E-state index contributed by atoms with van der Waals surface area (Å²) in [7, 11) is 0. The maximum atomic E-state index is 13.8. The van der Waals surface area contributed by atoms with Crippen molar-refractivity contribution in [3.63, 3.8) is 0 Å². The van der Waals surface area contributed by atoms with E-state index < -0.39 is 6.04 Å². The number of pyridine rings is 1. The first-order valence-electron chi connectivity index (χ1n) is 13.5. The summed E-state index contributed by atoms with van der Waals surface area (Å²) in [5, 5.41) is 16.2. The van der Waals surface area contributed by atoms with E-state index in [1.54, 1.807) is 11.3 Å². The van der Waals surface area contributed by atoms with Gasteiger partial charge in [0.05, 0.1) is 5.54 Å². The summed E-state index contributed by atoms with van der Waals surface area (Å²) >= 11 is 1.72. The molecule has 0 radical (unpaired) electrons. The van der Waals surface area contributed by atoms with Crippen molar-refractivity contribution in [1.82, 2.24) is 30.1 Å².